The molecule has 134 valence electrons. The van der Waals surface area contributed by atoms with Crippen molar-refractivity contribution in [3.05, 3.63) is 53.3 Å². The molecule has 0 bridgehead atoms. The molecule has 0 radical (unpaired) electrons. The molecule has 0 aliphatic carbocycles. The van der Waals surface area contributed by atoms with Crippen molar-refractivity contribution in [1.29, 1.82) is 0 Å². The van der Waals surface area contributed by atoms with E-state index in [0.29, 0.717) is 36.4 Å². The molecule has 3 aromatic heterocycles. The van der Waals surface area contributed by atoms with Crippen LogP contribution in [0.5, 0.6) is 0 Å². The summed E-state index contributed by atoms with van der Waals surface area (Å²) >= 11 is 0. The minimum Gasteiger partial charge on any atom is -0.481 e. The molecule has 0 saturated carbocycles. The zero-order valence-corrected chi connectivity index (χ0v) is 14.0. The van der Waals surface area contributed by atoms with Gasteiger partial charge in [0.05, 0.1) is 6.26 Å². The lowest BCUT2D eigenvalue weighted by Crippen LogP contribution is -2.18. The first-order valence-electron chi connectivity index (χ1n) is 8.13. The molecule has 3 rings (SSSR count). The highest BCUT2D eigenvalue weighted by atomic mass is 16.4. The summed E-state index contributed by atoms with van der Waals surface area (Å²) in [5.74, 6) is -0.163. The Morgan fingerprint density at radius 1 is 1.27 bits per heavy atom. The Kier molecular flexibility index (Phi) is 5.12. The molecule has 3 aromatic rings. The van der Waals surface area contributed by atoms with Crippen molar-refractivity contribution < 1.29 is 14.3 Å². The lowest BCUT2D eigenvalue weighted by atomic mass is 10.1. The quantitative estimate of drug-likeness (QED) is 0.624. The third-order valence-corrected chi connectivity index (χ3v) is 3.90. The maximum absolute atomic E-state index is 12.1. The number of carboxylic acids is 1. The summed E-state index contributed by atoms with van der Waals surface area (Å²) < 4.78 is 6.98. The van der Waals surface area contributed by atoms with Gasteiger partial charge >= 0.3 is 5.97 Å². The van der Waals surface area contributed by atoms with Crippen molar-refractivity contribution in [3.63, 3.8) is 0 Å². The van der Waals surface area contributed by atoms with Crippen LogP contribution in [0.25, 0.3) is 22.6 Å². The van der Waals surface area contributed by atoms with E-state index < -0.39 is 5.97 Å². The molecule has 3 N–H and O–H groups in total. The summed E-state index contributed by atoms with van der Waals surface area (Å²) in [5, 5.41) is 8.70. The molecule has 3 heterocycles. The molecule has 0 saturated heterocycles. The fourth-order valence-corrected chi connectivity index (χ4v) is 2.63. The van der Waals surface area contributed by atoms with E-state index in [9.17, 15) is 9.59 Å². The zero-order valence-electron chi connectivity index (χ0n) is 14.0. The van der Waals surface area contributed by atoms with E-state index in [4.69, 9.17) is 15.3 Å². The van der Waals surface area contributed by atoms with E-state index in [1.165, 1.54) is 6.07 Å². The van der Waals surface area contributed by atoms with Crippen LogP contribution in [0.15, 0.2) is 52.1 Å². The average molecular weight is 354 g/mol. The average Bonchev–Trinajstić information content (AvgIpc) is 3.14. The second-order valence-electron chi connectivity index (χ2n) is 5.77. The normalized spacial score (nSPS) is 10.8. The molecule has 0 unspecified atom stereocenters. The molecule has 0 amide bonds. The van der Waals surface area contributed by atoms with E-state index in [1.807, 2.05) is 0 Å². The molecule has 0 aliphatic heterocycles. The van der Waals surface area contributed by atoms with Crippen LogP contribution in [0.2, 0.25) is 0 Å². The molecule has 0 aromatic carbocycles. The summed E-state index contributed by atoms with van der Waals surface area (Å²) in [4.78, 5) is 31.0. The largest absolute Gasteiger partial charge is 0.481 e. The first-order valence-corrected chi connectivity index (χ1v) is 8.13. The van der Waals surface area contributed by atoms with Gasteiger partial charge in [0.1, 0.15) is 5.69 Å². The lowest BCUT2D eigenvalue weighted by Gasteiger charge is -2.10. The van der Waals surface area contributed by atoms with E-state index >= 15 is 0 Å². The van der Waals surface area contributed by atoms with Crippen LogP contribution in [0, 0.1) is 0 Å². The smallest absolute Gasteiger partial charge is 0.303 e. The second kappa shape index (κ2) is 7.64. The summed E-state index contributed by atoms with van der Waals surface area (Å²) in [7, 11) is 0. The summed E-state index contributed by atoms with van der Waals surface area (Å²) in [5.41, 5.74) is 7.52. The van der Waals surface area contributed by atoms with Gasteiger partial charge in [-0.25, -0.2) is 9.97 Å². The molecule has 8 nitrogen and oxygen atoms in total. The number of carboxylic acid groups (broad SMARTS) is 1. The molecule has 26 heavy (non-hydrogen) atoms. The fourth-order valence-electron chi connectivity index (χ4n) is 2.63. The first-order chi connectivity index (χ1) is 12.5. The van der Waals surface area contributed by atoms with Crippen LogP contribution in [0.3, 0.4) is 0 Å². The van der Waals surface area contributed by atoms with E-state index in [1.54, 1.807) is 41.4 Å². The molecule has 0 fully saturated rings. The monoisotopic (exact) mass is 354 g/mol. The van der Waals surface area contributed by atoms with Gasteiger partial charge in [0.25, 0.3) is 5.56 Å². The highest BCUT2D eigenvalue weighted by Crippen LogP contribution is 2.30. The van der Waals surface area contributed by atoms with Gasteiger partial charge in [-0.2, -0.15) is 0 Å². The molecular formula is C18H18N4O4. The first kappa shape index (κ1) is 17.4. The van der Waals surface area contributed by atoms with Crippen molar-refractivity contribution >= 4 is 11.9 Å². The van der Waals surface area contributed by atoms with Crippen molar-refractivity contribution in [2.75, 3.05) is 5.73 Å². The van der Waals surface area contributed by atoms with Gasteiger partial charge in [0, 0.05) is 42.6 Å². The van der Waals surface area contributed by atoms with Crippen LogP contribution in [0.4, 0.5) is 5.95 Å². The number of unbranched alkanes of at least 4 members (excludes halogenated alkanes) is 1. The van der Waals surface area contributed by atoms with Crippen LogP contribution < -0.4 is 11.3 Å². The maximum Gasteiger partial charge on any atom is 0.303 e. The highest BCUT2D eigenvalue weighted by molar-refractivity contribution is 5.78. The number of aliphatic carboxylic acids is 1. The number of anilines is 1. The number of pyridine rings is 1. The summed E-state index contributed by atoms with van der Waals surface area (Å²) in [6.07, 6.45) is 6.04. The maximum atomic E-state index is 12.1. The number of aromatic nitrogens is 3. The van der Waals surface area contributed by atoms with E-state index in [0.717, 1.165) is 5.56 Å². The van der Waals surface area contributed by atoms with Crippen LogP contribution in [-0.2, 0) is 11.3 Å². The van der Waals surface area contributed by atoms with Crippen molar-refractivity contribution in [2.24, 2.45) is 0 Å². The predicted molar refractivity (Wildman–Crippen MR) is 95.3 cm³/mol. The van der Waals surface area contributed by atoms with Gasteiger partial charge in [-0.1, -0.05) is 0 Å². The van der Waals surface area contributed by atoms with Crippen LogP contribution in [-0.4, -0.2) is 25.6 Å². The van der Waals surface area contributed by atoms with Crippen molar-refractivity contribution in [3.8, 4) is 22.6 Å². The molecule has 0 atom stereocenters. The topological polar surface area (TPSA) is 124 Å². The highest BCUT2D eigenvalue weighted by Gasteiger charge is 2.14. The van der Waals surface area contributed by atoms with Crippen LogP contribution in [0.1, 0.15) is 19.3 Å². The number of nitrogens with zero attached hydrogens (tertiary/aromatic N) is 3. The Labute approximate surface area is 148 Å². The van der Waals surface area contributed by atoms with Gasteiger partial charge in [0.2, 0.25) is 5.95 Å². The number of hydrogen-bond acceptors (Lipinski definition) is 6. The van der Waals surface area contributed by atoms with Crippen molar-refractivity contribution in [1.82, 2.24) is 14.5 Å². The Hall–Kier alpha value is -3.42. The summed E-state index contributed by atoms with van der Waals surface area (Å²) in [6, 6.07) is 6.68. The number of hydrogen-bond donors (Lipinski definition) is 2. The number of aryl methyl sites for hydroxylation is 1. The van der Waals surface area contributed by atoms with Gasteiger partial charge in [-0.3, -0.25) is 9.59 Å². The number of nitrogen functional groups attached to an aromatic ring is 1. The zero-order chi connectivity index (χ0) is 18.5. The van der Waals surface area contributed by atoms with Crippen molar-refractivity contribution in [2.45, 2.75) is 25.8 Å². The van der Waals surface area contributed by atoms with Crippen LogP contribution >= 0.6 is 0 Å². The Bertz CT molecular complexity index is 964. The Morgan fingerprint density at radius 3 is 2.85 bits per heavy atom. The van der Waals surface area contributed by atoms with Gasteiger partial charge < -0.3 is 19.8 Å². The van der Waals surface area contributed by atoms with Gasteiger partial charge in [-0.05, 0) is 31.0 Å². The molecule has 0 spiro atoms. The number of nitrogens with two attached hydrogens (primary N) is 1. The minimum atomic E-state index is -0.840. The standard InChI is InChI=1S/C18H18N4O4/c19-18-20-10-13(17(21-18)14-4-3-9-26-14)12-6-7-15(23)22(11-12)8-2-1-5-16(24)25/h3-4,6-7,9-11H,1-2,5,8H2,(H,24,25)(H2,19,20,21). The van der Waals surface area contributed by atoms with E-state index in [-0.39, 0.29) is 17.9 Å². The second-order valence-corrected chi connectivity index (χ2v) is 5.77. The summed E-state index contributed by atoms with van der Waals surface area (Å²) in [6.45, 7) is 0.436. The number of carbonyl (C=O) groups is 1. The fraction of sp³-hybridized carbons (Fsp3) is 0.222. The molecule has 0 aliphatic rings. The third-order valence-electron chi connectivity index (χ3n) is 3.90. The lowest BCUT2D eigenvalue weighted by molar-refractivity contribution is -0.137. The number of furan rings is 1. The molecular weight excluding hydrogens is 336 g/mol. The third kappa shape index (κ3) is 3.97. The Balaban J connectivity index is 1.92. The van der Waals surface area contributed by atoms with E-state index in [2.05, 4.69) is 9.97 Å². The minimum absolute atomic E-state index is 0.0862. The van der Waals surface area contributed by atoms with Gasteiger partial charge in [-0.15, -0.1) is 0 Å². The molecule has 8 heteroatoms. The SMILES string of the molecule is Nc1ncc(-c2ccc(=O)n(CCCCC(=O)O)c2)c(-c2ccco2)n1. The van der Waals surface area contributed by atoms with Gasteiger partial charge in [0.15, 0.2) is 5.76 Å². The number of rotatable bonds is 7. The predicted octanol–water partition coefficient (Wildman–Crippen LogP) is 2.40. The Morgan fingerprint density at radius 2 is 2.12 bits per heavy atom.